The van der Waals surface area contributed by atoms with Crippen LogP contribution in [0.4, 0.5) is 23.3 Å². The first-order valence-corrected chi connectivity index (χ1v) is 10.5. The quantitative estimate of drug-likeness (QED) is 0.269. The second-order valence-corrected chi connectivity index (χ2v) is 7.52. The summed E-state index contributed by atoms with van der Waals surface area (Å²) in [6.07, 6.45) is 3.47. The van der Waals surface area contributed by atoms with Gasteiger partial charge in [0.1, 0.15) is 5.82 Å². The van der Waals surface area contributed by atoms with Gasteiger partial charge in [-0.05, 0) is 40.4 Å². The molecule has 0 aliphatic carbocycles. The highest BCUT2D eigenvalue weighted by Gasteiger charge is 2.05. The third kappa shape index (κ3) is 5.71. The summed E-state index contributed by atoms with van der Waals surface area (Å²) < 4.78 is 0. The maximum absolute atomic E-state index is 4.47. The SMILES string of the molecule is C(=NNc1cc(Nc2ccccc2)nc(NN=Cc2ccsc2)n1)c1cccs1. The van der Waals surface area contributed by atoms with Crippen LogP contribution in [0.3, 0.4) is 0 Å². The number of benzene rings is 1. The first-order chi connectivity index (χ1) is 14.3. The molecule has 3 aromatic heterocycles. The van der Waals surface area contributed by atoms with Gasteiger partial charge in [-0.2, -0.15) is 31.5 Å². The molecule has 0 radical (unpaired) electrons. The average Bonchev–Trinajstić information content (AvgIpc) is 3.43. The van der Waals surface area contributed by atoms with Gasteiger partial charge in [-0.3, -0.25) is 5.43 Å². The number of thiophene rings is 2. The Balaban J connectivity index is 1.52. The summed E-state index contributed by atoms with van der Waals surface area (Å²) in [5.74, 6) is 1.51. The van der Waals surface area contributed by atoms with Crippen molar-refractivity contribution >= 4 is 58.4 Å². The zero-order valence-corrected chi connectivity index (χ0v) is 16.8. The van der Waals surface area contributed by atoms with Crippen molar-refractivity contribution in [3.63, 3.8) is 0 Å². The van der Waals surface area contributed by atoms with Gasteiger partial charge in [0.15, 0.2) is 5.82 Å². The molecule has 0 aliphatic heterocycles. The zero-order valence-electron chi connectivity index (χ0n) is 15.2. The van der Waals surface area contributed by atoms with E-state index in [1.165, 1.54) is 0 Å². The van der Waals surface area contributed by atoms with Crippen molar-refractivity contribution in [2.75, 3.05) is 16.2 Å². The predicted octanol–water partition coefficient (Wildman–Crippen LogP) is 5.24. The minimum atomic E-state index is 0.353. The highest BCUT2D eigenvalue weighted by molar-refractivity contribution is 7.11. The average molecular weight is 420 g/mol. The van der Waals surface area contributed by atoms with Crippen LogP contribution in [0, 0.1) is 0 Å². The summed E-state index contributed by atoms with van der Waals surface area (Å²) in [7, 11) is 0. The largest absolute Gasteiger partial charge is 0.340 e. The van der Waals surface area contributed by atoms with Crippen LogP contribution in [0.2, 0.25) is 0 Å². The van der Waals surface area contributed by atoms with Crippen molar-refractivity contribution < 1.29 is 0 Å². The highest BCUT2D eigenvalue weighted by Crippen LogP contribution is 2.19. The molecule has 3 heterocycles. The number of rotatable bonds is 8. The van der Waals surface area contributed by atoms with E-state index in [2.05, 4.69) is 36.3 Å². The third-order valence-corrected chi connectivity index (χ3v) is 5.12. The molecular weight excluding hydrogens is 402 g/mol. The normalized spacial score (nSPS) is 11.2. The van der Waals surface area contributed by atoms with E-state index in [-0.39, 0.29) is 0 Å². The Hall–Kier alpha value is -3.56. The number of nitrogens with one attached hydrogen (secondary N) is 3. The lowest BCUT2D eigenvalue weighted by molar-refractivity contribution is 1.10. The summed E-state index contributed by atoms with van der Waals surface area (Å²) in [5.41, 5.74) is 7.76. The smallest absolute Gasteiger partial charge is 0.247 e. The lowest BCUT2D eigenvalue weighted by Crippen LogP contribution is -2.04. The van der Waals surface area contributed by atoms with Crippen molar-refractivity contribution in [2.45, 2.75) is 0 Å². The standard InChI is InChI=1S/C20H17N7S2/c1-2-5-16(6-3-1)23-18-11-19(26-22-13-17-7-4-9-29-17)25-20(24-18)27-21-12-15-8-10-28-14-15/h1-14H,(H3,23,24,25,26,27). The summed E-state index contributed by atoms with van der Waals surface area (Å²) >= 11 is 3.23. The Kier molecular flexibility index (Phi) is 6.21. The van der Waals surface area contributed by atoms with E-state index < -0.39 is 0 Å². The van der Waals surface area contributed by atoms with Gasteiger partial charge in [0.25, 0.3) is 0 Å². The number of nitrogens with zero attached hydrogens (tertiary/aromatic N) is 4. The fourth-order valence-electron chi connectivity index (χ4n) is 2.33. The van der Waals surface area contributed by atoms with E-state index >= 15 is 0 Å². The second-order valence-electron chi connectivity index (χ2n) is 5.77. The van der Waals surface area contributed by atoms with Gasteiger partial charge in [-0.25, -0.2) is 5.43 Å². The van der Waals surface area contributed by atoms with Crippen LogP contribution in [0.5, 0.6) is 0 Å². The van der Waals surface area contributed by atoms with E-state index in [1.807, 2.05) is 64.7 Å². The maximum atomic E-state index is 4.47. The maximum Gasteiger partial charge on any atom is 0.247 e. The zero-order chi connectivity index (χ0) is 19.7. The molecular formula is C20H17N7S2. The van der Waals surface area contributed by atoms with Crippen LogP contribution in [0.1, 0.15) is 10.4 Å². The molecule has 0 aliphatic rings. The minimum absolute atomic E-state index is 0.353. The molecule has 0 fully saturated rings. The van der Waals surface area contributed by atoms with Crippen molar-refractivity contribution in [3.05, 3.63) is 81.2 Å². The van der Waals surface area contributed by atoms with Crippen LogP contribution in [0.15, 0.2) is 80.9 Å². The monoisotopic (exact) mass is 419 g/mol. The summed E-state index contributed by atoms with van der Waals surface area (Å²) in [6, 6.07) is 17.5. The van der Waals surface area contributed by atoms with Crippen LogP contribution in [-0.4, -0.2) is 22.4 Å². The molecule has 4 rings (SSSR count). The number of anilines is 4. The minimum Gasteiger partial charge on any atom is -0.340 e. The van der Waals surface area contributed by atoms with E-state index in [9.17, 15) is 0 Å². The fourth-order valence-corrected chi connectivity index (χ4v) is 3.52. The van der Waals surface area contributed by atoms with Gasteiger partial charge in [0.05, 0.1) is 12.4 Å². The molecule has 0 atom stereocenters. The number of hydrazone groups is 2. The Labute approximate surface area is 175 Å². The molecule has 0 bridgehead atoms. The van der Waals surface area contributed by atoms with Crippen molar-refractivity contribution in [1.82, 2.24) is 9.97 Å². The second kappa shape index (κ2) is 9.58. The number of hydrogen-bond acceptors (Lipinski definition) is 9. The number of para-hydroxylation sites is 1. The van der Waals surface area contributed by atoms with Crippen LogP contribution < -0.4 is 16.2 Å². The molecule has 4 aromatic rings. The van der Waals surface area contributed by atoms with Crippen LogP contribution in [0.25, 0.3) is 0 Å². The topological polar surface area (TPSA) is 86.6 Å². The van der Waals surface area contributed by atoms with Gasteiger partial charge in [0.2, 0.25) is 5.95 Å². The first-order valence-electron chi connectivity index (χ1n) is 8.70. The van der Waals surface area contributed by atoms with Crippen LogP contribution >= 0.6 is 22.7 Å². The van der Waals surface area contributed by atoms with Crippen molar-refractivity contribution in [3.8, 4) is 0 Å². The van der Waals surface area contributed by atoms with E-state index in [1.54, 1.807) is 41.2 Å². The molecule has 0 saturated heterocycles. The molecule has 0 spiro atoms. The highest BCUT2D eigenvalue weighted by atomic mass is 32.1. The molecule has 0 amide bonds. The third-order valence-electron chi connectivity index (χ3n) is 3.61. The Morgan fingerprint density at radius 3 is 2.48 bits per heavy atom. The van der Waals surface area contributed by atoms with Gasteiger partial charge >= 0.3 is 0 Å². The van der Waals surface area contributed by atoms with E-state index in [0.717, 1.165) is 16.1 Å². The van der Waals surface area contributed by atoms with Crippen LogP contribution in [-0.2, 0) is 0 Å². The Bertz CT molecular complexity index is 1010. The molecule has 144 valence electrons. The predicted molar refractivity (Wildman–Crippen MR) is 123 cm³/mol. The lowest BCUT2D eigenvalue weighted by atomic mass is 10.3. The van der Waals surface area contributed by atoms with E-state index in [4.69, 9.17) is 0 Å². The fraction of sp³-hybridized carbons (Fsp3) is 0. The molecule has 29 heavy (non-hydrogen) atoms. The summed E-state index contributed by atoms with van der Waals surface area (Å²) in [5, 5.41) is 17.7. The molecule has 3 N–H and O–H groups in total. The lowest BCUT2D eigenvalue weighted by Gasteiger charge is -2.09. The van der Waals surface area contributed by atoms with E-state index in [0.29, 0.717) is 17.6 Å². The summed E-state index contributed by atoms with van der Waals surface area (Å²) in [6.45, 7) is 0. The van der Waals surface area contributed by atoms with Gasteiger partial charge in [-0.15, -0.1) is 11.3 Å². The molecule has 7 nitrogen and oxygen atoms in total. The summed E-state index contributed by atoms with van der Waals surface area (Å²) in [4.78, 5) is 9.94. The Morgan fingerprint density at radius 2 is 1.69 bits per heavy atom. The molecule has 0 unspecified atom stereocenters. The molecule has 9 heteroatoms. The van der Waals surface area contributed by atoms with Crippen molar-refractivity contribution in [1.29, 1.82) is 0 Å². The molecule has 1 aromatic carbocycles. The first kappa shape index (κ1) is 18.8. The van der Waals surface area contributed by atoms with Gasteiger partial charge < -0.3 is 5.32 Å². The van der Waals surface area contributed by atoms with Gasteiger partial charge in [-0.1, -0.05) is 24.3 Å². The number of aromatic nitrogens is 2. The van der Waals surface area contributed by atoms with Crippen molar-refractivity contribution in [2.24, 2.45) is 10.2 Å². The van der Waals surface area contributed by atoms with Gasteiger partial charge in [0, 0.05) is 22.2 Å². The molecule has 0 saturated carbocycles. The number of hydrogen-bond donors (Lipinski definition) is 3. The Morgan fingerprint density at radius 1 is 0.828 bits per heavy atom.